The Morgan fingerprint density at radius 1 is 1.20 bits per heavy atom. The van der Waals surface area contributed by atoms with Crippen molar-refractivity contribution >= 4 is 0 Å². The van der Waals surface area contributed by atoms with Gasteiger partial charge in [-0.3, -0.25) is 0 Å². The van der Waals surface area contributed by atoms with Crippen molar-refractivity contribution in [1.82, 2.24) is 10.2 Å². The fourth-order valence-electron chi connectivity index (χ4n) is 3.17. The van der Waals surface area contributed by atoms with Gasteiger partial charge in [-0.05, 0) is 46.3 Å². The van der Waals surface area contributed by atoms with E-state index in [2.05, 4.69) is 45.2 Å². The molecule has 1 unspecified atom stereocenters. The van der Waals surface area contributed by atoms with Crippen LogP contribution in [0, 0.1) is 5.92 Å². The first kappa shape index (κ1) is 13.0. The zero-order chi connectivity index (χ0) is 11.5. The molecule has 0 bridgehead atoms. The normalized spacial score (nSPS) is 22.6. The Bertz CT molecular complexity index is 181. The Hall–Kier alpha value is -0.0800. The van der Waals surface area contributed by atoms with Gasteiger partial charge in [-0.25, -0.2) is 0 Å². The van der Waals surface area contributed by atoms with Crippen LogP contribution >= 0.6 is 0 Å². The lowest BCUT2D eigenvalue weighted by molar-refractivity contribution is 0.0973. The van der Waals surface area contributed by atoms with Crippen LogP contribution in [-0.4, -0.2) is 37.6 Å². The number of hydrogen-bond acceptors (Lipinski definition) is 2. The minimum Gasteiger partial charge on any atom is -0.315 e. The van der Waals surface area contributed by atoms with E-state index in [4.69, 9.17) is 0 Å². The Kier molecular flexibility index (Phi) is 4.60. The van der Waals surface area contributed by atoms with Crippen LogP contribution in [0.1, 0.15) is 46.0 Å². The van der Waals surface area contributed by atoms with Gasteiger partial charge < -0.3 is 10.2 Å². The van der Waals surface area contributed by atoms with E-state index in [9.17, 15) is 0 Å². The van der Waals surface area contributed by atoms with Crippen molar-refractivity contribution in [2.75, 3.05) is 21.1 Å². The third-order valence-corrected chi connectivity index (χ3v) is 4.06. The highest BCUT2D eigenvalue weighted by atomic mass is 15.2. The fraction of sp³-hybridized carbons (Fsp3) is 1.00. The van der Waals surface area contributed by atoms with E-state index in [1.54, 1.807) is 0 Å². The lowest BCUT2D eigenvalue weighted by atomic mass is 9.82. The van der Waals surface area contributed by atoms with Gasteiger partial charge in [-0.15, -0.1) is 0 Å². The topological polar surface area (TPSA) is 15.3 Å². The summed E-state index contributed by atoms with van der Waals surface area (Å²) in [6.45, 7) is 4.64. The molecule has 1 atom stereocenters. The molecule has 90 valence electrons. The maximum absolute atomic E-state index is 3.56. The molecule has 2 heteroatoms. The number of hydrogen-bond donors (Lipinski definition) is 1. The second kappa shape index (κ2) is 5.31. The summed E-state index contributed by atoms with van der Waals surface area (Å²) in [5.41, 5.74) is 0.416. The van der Waals surface area contributed by atoms with Crippen molar-refractivity contribution < 1.29 is 0 Å². The van der Waals surface area contributed by atoms with Crippen molar-refractivity contribution in [2.24, 2.45) is 5.92 Å². The molecule has 0 amide bonds. The summed E-state index contributed by atoms with van der Waals surface area (Å²) in [6, 6.07) is 0.648. The molecular weight excluding hydrogens is 184 g/mol. The molecule has 0 heterocycles. The third kappa shape index (κ3) is 2.73. The Balaban J connectivity index is 2.76. The van der Waals surface area contributed by atoms with E-state index >= 15 is 0 Å². The molecule has 1 N–H and O–H groups in total. The zero-order valence-electron chi connectivity index (χ0n) is 11.1. The van der Waals surface area contributed by atoms with Crippen LogP contribution in [-0.2, 0) is 0 Å². The first-order valence-corrected chi connectivity index (χ1v) is 6.37. The highest BCUT2D eigenvalue weighted by Gasteiger charge is 2.42. The first-order chi connectivity index (χ1) is 7.03. The van der Waals surface area contributed by atoms with E-state index < -0.39 is 0 Å². The van der Waals surface area contributed by atoms with Gasteiger partial charge in [0.25, 0.3) is 0 Å². The summed E-state index contributed by atoms with van der Waals surface area (Å²) < 4.78 is 0. The van der Waals surface area contributed by atoms with E-state index in [-0.39, 0.29) is 0 Å². The van der Waals surface area contributed by atoms with Gasteiger partial charge in [0.1, 0.15) is 0 Å². The molecule has 1 rings (SSSR count). The van der Waals surface area contributed by atoms with Crippen LogP contribution < -0.4 is 5.32 Å². The minimum absolute atomic E-state index is 0.416. The standard InChI is InChI=1S/C13H28N2/c1-11(2)10-12(14-3)13(15(4)5)8-6-7-9-13/h11-12,14H,6-10H2,1-5H3. The maximum atomic E-state index is 3.56. The molecule has 0 aromatic heterocycles. The predicted molar refractivity (Wildman–Crippen MR) is 67.2 cm³/mol. The Labute approximate surface area is 95.4 Å². The average molecular weight is 212 g/mol. The molecule has 0 aromatic carbocycles. The summed E-state index contributed by atoms with van der Waals surface area (Å²) in [4.78, 5) is 2.46. The van der Waals surface area contributed by atoms with Gasteiger partial charge in [0, 0.05) is 11.6 Å². The largest absolute Gasteiger partial charge is 0.315 e. The van der Waals surface area contributed by atoms with Crippen LogP contribution in [0.5, 0.6) is 0 Å². The highest BCUT2D eigenvalue weighted by molar-refractivity contribution is 5.01. The van der Waals surface area contributed by atoms with E-state index in [1.807, 2.05) is 0 Å². The van der Waals surface area contributed by atoms with Gasteiger partial charge in [0.15, 0.2) is 0 Å². The molecule has 1 aliphatic rings. The van der Waals surface area contributed by atoms with Crippen molar-refractivity contribution in [3.63, 3.8) is 0 Å². The van der Waals surface area contributed by atoms with E-state index in [1.165, 1.54) is 32.1 Å². The molecule has 1 fully saturated rings. The van der Waals surface area contributed by atoms with Gasteiger partial charge in [0.05, 0.1) is 0 Å². The summed E-state index contributed by atoms with van der Waals surface area (Å²) >= 11 is 0. The monoisotopic (exact) mass is 212 g/mol. The minimum atomic E-state index is 0.416. The second-order valence-electron chi connectivity index (χ2n) is 5.68. The van der Waals surface area contributed by atoms with Crippen molar-refractivity contribution in [3.8, 4) is 0 Å². The molecule has 0 aromatic rings. The summed E-state index contributed by atoms with van der Waals surface area (Å²) in [5, 5.41) is 3.56. The van der Waals surface area contributed by atoms with Gasteiger partial charge in [0.2, 0.25) is 0 Å². The number of likely N-dealkylation sites (N-methyl/N-ethyl adjacent to an activating group) is 2. The fourth-order valence-corrected chi connectivity index (χ4v) is 3.17. The zero-order valence-corrected chi connectivity index (χ0v) is 11.1. The molecule has 0 aliphatic heterocycles. The molecule has 0 radical (unpaired) electrons. The lowest BCUT2D eigenvalue weighted by Crippen LogP contribution is -2.57. The van der Waals surface area contributed by atoms with Crippen LogP contribution in [0.4, 0.5) is 0 Å². The van der Waals surface area contributed by atoms with Gasteiger partial charge in [-0.2, -0.15) is 0 Å². The van der Waals surface area contributed by atoms with Crippen molar-refractivity contribution in [1.29, 1.82) is 0 Å². The Morgan fingerprint density at radius 3 is 2.07 bits per heavy atom. The molecular formula is C13H28N2. The first-order valence-electron chi connectivity index (χ1n) is 6.37. The Morgan fingerprint density at radius 2 is 1.73 bits per heavy atom. The molecule has 0 spiro atoms. The smallest absolute Gasteiger partial charge is 0.0356 e. The quantitative estimate of drug-likeness (QED) is 0.753. The molecule has 2 nitrogen and oxygen atoms in total. The van der Waals surface area contributed by atoms with Crippen LogP contribution in [0.2, 0.25) is 0 Å². The van der Waals surface area contributed by atoms with Crippen LogP contribution in [0.15, 0.2) is 0 Å². The number of nitrogens with one attached hydrogen (secondary N) is 1. The van der Waals surface area contributed by atoms with Gasteiger partial charge in [-0.1, -0.05) is 26.7 Å². The highest BCUT2D eigenvalue weighted by Crippen LogP contribution is 2.38. The third-order valence-electron chi connectivity index (χ3n) is 4.06. The molecule has 1 aliphatic carbocycles. The predicted octanol–water partition coefficient (Wildman–Crippen LogP) is 2.49. The molecule has 1 saturated carbocycles. The molecule has 0 saturated heterocycles. The summed E-state index contributed by atoms with van der Waals surface area (Å²) in [6.07, 6.45) is 6.80. The maximum Gasteiger partial charge on any atom is 0.0356 e. The van der Waals surface area contributed by atoms with Gasteiger partial charge >= 0.3 is 0 Å². The van der Waals surface area contributed by atoms with Crippen molar-refractivity contribution in [3.05, 3.63) is 0 Å². The van der Waals surface area contributed by atoms with Crippen molar-refractivity contribution in [2.45, 2.75) is 57.5 Å². The number of rotatable bonds is 5. The SMILES string of the molecule is CNC(CC(C)C)C1(N(C)C)CCCC1. The average Bonchev–Trinajstić information content (AvgIpc) is 2.63. The summed E-state index contributed by atoms with van der Waals surface area (Å²) in [7, 11) is 6.61. The van der Waals surface area contributed by atoms with Crippen LogP contribution in [0.25, 0.3) is 0 Å². The lowest BCUT2D eigenvalue weighted by Gasteiger charge is -2.44. The summed E-state index contributed by atoms with van der Waals surface area (Å²) in [5.74, 6) is 0.778. The van der Waals surface area contributed by atoms with Crippen LogP contribution in [0.3, 0.4) is 0 Å². The second-order valence-corrected chi connectivity index (χ2v) is 5.68. The van der Waals surface area contributed by atoms with E-state index in [0.29, 0.717) is 11.6 Å². The molecule has 15 heavy (non-hydrogen) atoms. The number of nitrogens with zero attached hydrogens (tertiary/aromatic N) is 1. The van der Waals surface area contributed by atoms with E-state index in [0.717, 1.165) is 5.92 Å².